The third-order valence-corrected chi connectivity index (χ3v) is 8.64. The van der Waals surface area contributed by atoms with Gasteiger partial charge in [0.2, 0.25) is 15.9 Å². The van der Waals surface area contributed by atoms with Gasteiger partial charge >= 0.3 is 0 Å². The third kappa shape index (κ3) is 6.46. The molecule has 3 aromatic rings. The summed E-state index contributed by atoms with van der Waals surface area (Å²) in [5, 5.41) is 0.365. The highest BCUT2D eigenvalue weighted by Gasteiger charge is 2.43. The zero-order valence-corrected chi connectivity index (χ0v) is 21.9. The lowest BCUT2D eigenvalue weighted by molar-refractivity contribution is -0.134. The number of rotatable bonds is 9. The molecule has 1 aliphatic rings. The summed E-state index contributed by atoms with van der Waals surface area (Å²) in [5.41, 5.74) is 0.374. The quantitative estimate of drug-likeness (QED) is 0.382. The minimum atomic E-state index is -3.77. The van der Waals surface area contributed by atoms with Gasteiger partial charge in [0, 0.05) is 43.5 Å². The molecule has 1 saturated heterocycles. The molecule has 1 atom stereocenters. The monoisotopic (exact) mass is 526 g/mol. The molecule has 3 aromatic carbocycles. The minimum Gasteiger partial charge on any atom is -0.493 e. The van der Waals surface area contributed by atoms with Gasteiger partial charge in [0.15, 0.2) is 0 Å². The fourth-order valence-electron chi connectivity index (χ4n) is 4.61. The molecule has 1 aliphatic heterocycles. The molecule has 0 spiro atoms. The molecule has 1 heterocycles. The van der Waals surface area contributed by atoms with E-state index < -0.39 is 15.4 Å². The number of piperidine rings is 1. The molecule has 1 fully saturated rings. The van der Waals surface area contributed by atoms with Gasteiger partial charge in [0.1, 0.15) is 5.75 Å². The summed E-state index contributed by atoms with van der Waals surface area (Å²) in [6, 6.07) is 25.5. The Labute approximate surface area is 218 Å². The molecular weight excluding hydrogens is 496 g/mol. The van der Waals surface area contributed by atoms with Crippen molar-refractivity contribution in [2.45, 2.75) is 30.7 Å². The normalized spacial score (nSPS) is 18.5. The molecule has 1 amide bonds. The Hall–Kier alpha value is -2.87. The van der Waals surface area contributed by atoms with Crippen molar-refractivity contribution in [3.05, 3.63) is 95.5 Å². The second-order valence-corrected chi connectivity index (χ2v) is 11.8. The topological polar surface area (TPSA) is 66.9 Å². The summed E-state index contributed by atoms with van der Waals surface area (Å²) >= 11 is 6.08. The number of hydrogen-bond acceptors (Lipinski definition) is 4. The number of carbonyl (C=O) groups excluding carboxylic acids is 1. The SMILES string of the molecule is CN(Cc1ccccc1)C(=O)C[C@]1(COc2ccccc2)CCCN(S(=O)(=O)c2cccc(Cl)c2)C1. The van der Waals surface area contributed by atoms with Crippen LogP contribution in [0.4, 0.5) is 0 Å². The van der Waals surface area contributed by atoms with Crippen molar-refractivity contribution in [3.63, 3.8) is 0 Å². The molecule has 0 unspecified atom stereocenters. The molecule has 0 bridgehead atoms. The van der Waals surface area contributed by atoms with Crippen LogP contribution in [0.5, 0.6) is 5.75 Å². The number of benzene rings is 3. The molecule has 0 aromatic heterocycles. The predicted molar refractivity (Wildman–Crippen MR) is 141 cm³/mol. The molecule has 6 nitrogen and oxygen atoms in total. The summed E-state index contributed by atoms with van der Waals surface area (Å²) in [6.45, 7) is 1.30. The maximum Gasteiger partial charge on any atom is 0.243 e. The number of sulfonamides is 1. The number of nitrogens with zero attached hydrogens (tertiary/aromatic N) is 2. The van der Waals surface area contributed by atoms with E-state index in [1.807, 2.05) is 60.7 Å². The molecule has 36 heavy (non-hydrogen) atoms. The highest BCUT2D eigenvalue weighted by molar-refractivity contribution is 7.89. The van der Waals surface area contributed by atoms with Crippen molar-refractivity contribution in [2.75, 3.05) is 26.7 Å². The van der Waals surface area contributed by atoms with E-state index in [2.05, 4.69) is 0 Å². The standard InChI is InChI=1S/C28H31ClN2O4S/c1-30(20-23-10-4-2-5-11-23)27(32)19-28(22-35-25-13-6-3-7-14-25)16-9-17-31(21-28)36(33,34)26-15-8-12-24(29)18-26/h2-8,10-15,18H,9,16-17,19-22H2,1H3/t28-/m1/s1. The van der Waals surface area contributed by atoms with Crippen LogP contribution in [0.15, 0.2) is 89.8 Å². The average Bonchev–Trinajstić information content (AvgIpc) is 2.89. The van der Waals surface area contributed by atoms with Crippen LogP contribution in [0, 0.1) is 5.41 Å². The summed E-state index contributed by atoms with van der Waals surface area (Å²) in [5.74, 6) is 0.648. The van der Waals surface area contributed by atoms with Gasteiger partial charge in [0.25, 0.3) is 0 Å². The van der Waals surface area contributed by atoms with E-state index in [1.54, 1.807) is 30.1 Å². The van der Waals surface area contributed by atoms with Gasteiger partial charge in [-0.05, 0) is 48.7 Å². The fourth-order valence-corrected chi connectivity index (χ4v) is 6.50. The van der Waals surface area contributed by atoms with E-state index >= 15 is 0 Å². The number of hydrogen-bond donors (Lipinski definition) is 0. The highest BCUT2D eigenvalue weighted by Crippen LogP contribution is 2.37. The van der Waals surface area contributed by atoms with Crippen LogP contribution in [0.2, 0.25) is 5.02 Å². The Balaban J connectivity index is 1.57. The number of ether oxygens (including phenoxy) is 1. The Morgan fingerprint density at radius 3 is 2.42 bits per heavy atom. The second-order valence-electron chi connectivity index (χ2n) is 9.41. The Morgan fingerprint density at radius 1 is 1.03 bits per heavy atom. The average molecular weight is 527 g/mol. The molecule has 0 N–H and O–H groups in total. The van der Waals surface area contributed by atoms with E-state index in [-0.39, 0.29) is 30.4 Å². The van der Waals surface area contributed by atoms with Gasteiger partial charge in [-0.25, -0.2) is 8.42 Å². The Kier molecular flexibility index (Phi) is 8.34. The van der Waals surface area contributed by atoms with E-state index in [9.17, 15) is 13.2 Å². The zero-order valence-electron chi connectivity index (χ0n) is 20.3. The lowest BCUT2D eigenvalue weighted by atomic mass is 9.78. The predicted octanol–water partition coefficient (Wildman–Crippen LogP) is 5.24. The van der Waals surface area contributed by atoms with Gasteiger partial charge in [-0.3, -0.25) is 4.79 Å². The van der Waals surface area contributed by atoms with E-state index in [0.717, 1.165) is 5.56 Å². The van der Waals surface area contributed by atoms with Gasteiger partial charge < -0.3 is 9.64 Å². The second kappa shape index (κ2) is 11.5. The van der Waals surface area contributed by atoms with E-state index in [1.165, 1.54) is 10.4 Å². The highest BCUT2D eigenvalue weighted by atomic mass is 35.5. The Morgan fingerprint density at radius 2 is 1.72 bits per heavy atom. The summed E-state index contributed by atoms with van der Waals surface area (Å²) in [4.78, 5) is 15.2. The van der Waals surface area contributed by atoms with Crippen LogP contribution in [-0.4, -0.2) is 50.3 Å². The molecule has 0 radical (unpaired) electrons. The third-order valence-electron chi connectivity index (χ3n) is 6.56. The number of halogens is 1. The summed E-state index contributed by atoms with van der Waals surface area (Å²) in [6.07, 6.45) is 1.50. The van der Waals surface area contributed by atoms with Crippen molar-refractivity contribution in [3.8, 4) is 5.75 Å². The summed E-state index contributed by atoms with van der Waals surface area (Å²) < 4.78 is 34.6. The first-order valence-corrected chi connectivity index (χ1v) is 13.8. The molecule has 190 valence electrons. The summed E-state index contributed by atoms with van der Waals surface area (Å²) in [7, 11) is -1.99. The van der Waals surface area contributed by atoms with Crippen molar-refractivity contribution in [1.82, 2.24) is 9.21 Å². The van der Waals surface area contributed by atoms with E-state index in [0.29, 0.717) is 36.7 Å². The molecule has 4 rings (SSSR count). The van der Waals surface area contributed by atoms with Crippen LogP contribution in [0.25, 0.3) is 0 Å². The van der Waals surface area contributed by atoms with Crippen LogP contribution in [-0.2, 0) is 21.4 Å². The van der Waals surface area contributed by atoms with Crippen molar-refractivity contribution in [2.24, 2.45) is 5.41 Å². The first-order valence-electron chi connectivity index (χ1n) is 12.0. The van der Waals surface area contributed by atoms with Crippen LogP contribution in [0.3, 0.4) is 0 Å². The van der Waals surface area contributed by atoms with Crippen LogP contribution < -0.4 is 4.74 Å². The Bertz CT molecular complexity index is 1270. The number of amides is 1. The molecule has 0 saturated carbocycles. The molecule has 0 aliphatic carbocycles. The fraction of sp³-hybridized carbons (Fsp3) is 0.321. The zero-order chi connectivity index (χ0) is 25.6. The first kappa shape index (κ1) is 26.2. The lowest BCUT2D eigenvalue weighted by Gasteiger charge is -2.42. The maximum atomic E-state index is 13.5. The van der Waals surface area contributed by atoms with Crippen LogP contribution >= 0.6 is 11.6 Å². The number of carbonyl (C=O) groups is 1. The van der Waals surface area contributed by atoms with Crippen molar-refractivity contribution < 1.29 is 17.9 Å². The number of para-hydroxylation sites is 1. The molecular formula is C28H31ClN2O4S. The first-order chi connectivity index (χ1) is 17.3. The van der Waals surface area contributed by atoms with E-state index in [4.69, 9.17) is 16.3 Å². The van der Waals surface area contributed by atoms with Crippen LogP contribution in [0.1, 0.15) is 24.8 Å². The minimum absolute atomic E-state index is 0.0440. The molecule has 8 heteroatoms. The lowest BCUT2D eigenvalue weighted by Crippen LogP contribution is -2.50. The largest absolute Gasteiger partial charge is 0.493 e. The van der Waals surface area contributed by atoms with Gasteiger partial charge in [-0.15, -0.1) is 0 Å². The van der Waals surface area contributed by atoms with Gasteiger partial charge in [0.05, 0.1) is 11.5 Å². The van der Waals surface area contributed by atoms with Crippen molar-refractivity contribution >= 4 is 27.5 Å². The van der Waals surface area contributed by atoms with Gasteiger partial charge in [-0.2, -0.15) is 4.31 Å². The maximum absolute atomic E-state index is 13.5. The van der Waals surface area contributed by atoms with Crippen molar-refractivity contribution in [1.29, 1.82) is 0 Å². The van der Waals surface area contributed by atoms with Gasteiger partial charge in [-0.1, -0.05) is 66.2 Å². The smallest absolute Gasteiger partial charge is 0.243 e.